The maximum atomic E-state index is 12.6. The molecule has 114 valence electrons. The van der Waals surface area contributed by atoms with E-state index in [-0.39, 0.29) is 24.6 Å². The number of nitrogens with one attached hydrogen (secondary N) is 1. The van der Waals surface area contributed by atoms with Gasteiger partial charge in [-0.3, -0.25) is 0 Å². The van der Waals surface area contributed by atoms with Crippen molar-refractivity contribution in [1.29, 1.82) is 0 Å². The zero-order valence-corrected chi connectivity index (χ0v) is 12.0. The minimum absolute atomic E-state index is 0.00182. The first kappa shape index (κ1) is 17.0. The van der Waals surface area contributed by atoms with Crippen molar-refractivity contribution in [3.63, 3.8) is 0 Å². The molecule has 2 atom stereocenters. The standard InChI is InChI=1S/C15H22F3NO/c1-10(2)14(9-20)19-11(3)7-12-5-4-6-13(8-12)15(16,17)18/h4-6,8,10-11,14,19-20H,7,9H2,1-3H3/t11-,14+/m0/s1. The fourth-order valence-electron chi connectivity index (χ4n) is 2.11. The number of aliphatic hydroxyl groups excluding tert-OH is 1. The van der Waals surface area contributed by atoms with Crippen LogP contribution < -0.4 is 5.32 Å². The topological polar surface area (TPSA) is 32.3 Å². The normalized spacial score (nSPS) is 15.4. The van der Waals surface area contributed by atoms with Gasteiger partial charge >= 0.3 is 6.18 Å². The summed E-state index contributed by atoms with van der Waals surface area (Å²) in [5.74, 6) is 0.268. The molecular formula is C15H22F3NO. The van der Waals surface area contributed by atoms with Crippen molar-refractivity contribution in [2.75, 3.05) is 6.61 Å². The number of benzene rings is 1. The Balaban J connectivity index is 2.69. The molecule has 0 bridgehead atoms. The van der Waals surface area contributed by atoms with E-state index < -0.39 is 11.7 Å². The van der Waals surface area contributed by atoms with Gasteiger partial charge in [0.15, 0.2) is 0 Å². The first-order valence-corrected chi connectivity index (χ1v) is 6.77. The molecule has 0 unspecified atom stereocenters. The van der Waals surface area contributed by atoms with E-state index in [0.29, 0.717) is 12.0 Å². The van der Waals surface area contributed by atoms with Crippen molar-refractivity contribution in [2.45, 2.75) is 45.5 Å². The first-order valence-electron chi connectivity index (χ1n) is 6.77. The van der Waals surface area contributed by atoms with Gasteiger partial charge < -0.3 is 10.4 Å². The summed E-state index contributed by atoms with van der Waals surface area (Å²) >= 11 is 0. The molecule has 0 aromatic heterocycles. The predicted molar refractivity (Wildman–Crippen MR) is 73.5 cm³/mol. The van der Waals surface area contributed by atoms with Crippen LogP contribution in [0.2, 0.25) is 0 Å². The van der Waals surface area contributed by atoms with Crippen LogP contribution in [0.4, 0.5) is 13.2 Å². The van der Waals surface area contributed by atoms with Crippen molar-refractivity contribution in [3.8, 4) is 0 Å². The Hall–Kier alpha value is -1.07. The summed E-state index contributed by atoms with van der Waals surface area (Å²) in [4.78, 5) is 0. The average molecular weight is 289 g/mol. The summed E-state index contributed by atoms with van der Waals surface area (Å²) in [5.41, 5.74) is 0.0186. The van der Waals surface area contributed by atoms with Gasteiger partial charge in [-0.1, -0.05) is 32.0 Å². The van der Waals surface area contributed by atoms with Gasteiger partial charge in [0, 0.05) is 12.1 Å². The van der Waals surface area contributed by atoms with E-state index in [1.54, 1.807) is 6.07 Å². The summed E-state index contributed by atoms with van der Waals surface area (Å²) in [7, 11) is 0. The lowest BCUT2D eigenvalue weighted by atomic mass is 10.0. The second kappa shape index (κ2) is 7.09. The molecule has 1 rings (SSSR count). The van der Waals surface area contributed by atoms with Gasteiger partial charge in [-0.15, -0.1) is 0 Å². The minimum Gasteiger partial charge on any atom is -0.395 e. The average Bonchev–Trinajstić information content (AvgIpc) is 2.34. The van der Waals surface area contributed by atoms with E-state index in [1.807, 2.05) is 20.8 Å². The summed E-state index contributed by atoms with van der Waals surface area (Å²) in [5, 5.41) is 12.5. The molecule has 2 nitrogen and oxygen atoms in total. The number of aliphatic hydroxyl groups is 1. The molecular weight excluding hydrogens is 267 g/mol. The number of halogens is 3. The molecule has 0 saturated heterocycles. The van der Waals surface area contributed by atoms with Crippen LogP contribution in [-0.4, -0.2) is 23.8 Å². The highest BCUT2D eigenvalue weighted by atomic mass is 19.4. The second-order valence-corrected chi connectivity index (χ2v) is 5.50. The largest absolute Gasteiger partial charge is 0.416 e. The Morgan fingerprint density at radius 2 is 1.85 bits per heavy atom. The first-order chi connectivity index (χ1) is 9.24. The zero-order valence-electron chi connectivity index (χ0n) is 12.0. The lowest BCUT2D eigenvalue weighted by Crippen LogP contribution is -2.43. The highest BCUT2D eigenvalue weighted by molar-refractivity contribution is 5.26. The van der Waals surface area contributed by atoms with Crippen LogP contribution in [0.3, 0.4) is 0 Å². The number of hydrogen-bond acceptors (Lipinski definition) is 2. The van der Waals surface area contributed by atoms with Gasteiger partial charge in [-0.25, -0.2) is 0 Å². The quantitative estimate of drug-likeness (QED) is 0.842. The molecule has 0 radical (unpaired) electrons. The molecule has 0 heterocycles. The van der Waals surface area contributed by atoms with E-state index in [0.717, 1.165) is 6.07 Å². The van der Waals surface area contributed by atoms with Crippen molar-refractivity contribution in [2.24, 2.45) is 5.92 Å². The Kier molecular flexibility index (Phi) is 6.02. The van der Waals surface area contributed by atoms with E-state index in [4.69, 9.17) is 0 Å². The van der Waals surface area contributed by atoms with Gasteiger partial charge in [0.2, 0.25) is 0 Å². The molecule has 20 heavy (non-hydrogen) atoms. The smallest absolute Gasteiger partial charge is 0.395 e. The van der Waals surface area contributed by atoms with E-state index in [2.05, 4.69) is 5.32 Å². The van der Waals surface area contributed by atoms with Gasteiger partial charge in [0.25, 0.3) is 0 Å². The Morgan fingerprint density at radius 1 is 1.20 bits per heavy atom. The molecule has 5 heteroatoms. The molecule has 0 amide bonds. The molecule has 1 aromatic rings. The molecule has 0 aliphatic rings. The number of alkyl halides is 3. The predicted octanol–water partition coefficient (Wildman–Crippen LogP) is 3.24. The number of hydrogen-bond donors (Lipinski definition) is 2. The van der Waals surface area contributed by atoms with E-state index >= 15 is 0 Å². The summed E-state index contributed by atoms with van der Waals surface area (Å²) in [6, 6.07) is 5.33. The van der Waals surface area contributed by atoms with Crippen LogP contribution in [0, 0.1) is 5.92 Å². The Bertz CT molecular complexity index is 418. The Morgan fingerprint density at radius 3 is 2.35 bits per heavy atom. The highest BCUT2D eigenvalue weighted by Crippen LogP contribution is 2.29. The third kappa shape index (κ3) is 5.13. The third-order valence-corrected chi connectivity index (χ3v) is 3.30. The summed E-state index contributed by atoms with van der Waals surface area (Å²) < 4.78 is 37.9. The van der Waals surface area contributed by atoms with Crippen LogP contribution in [0.25, 0.3) is 0 Å². The van der Waals surface area contributed by atoms with Crippen LogP contribution in [-0.2, 0) is 12.6 Å². The summed E-state index contributed by atoms with van der Waals surface area (Å²) in [6.45, 7) is 5.91. The third-order valence-electron chi connectivity index (χ3n) is 3.30. The van der Waals surface area contributed by atoms with Crippen LogP contribution in [0.5, 0.6) is 0 Å². The lowest BCUT2D eigenvalue weighted by molar-refractivity contribution is -0.137. The van der Waals surface area contributed by atoms with Crippen molar-refractivity contribution < 1.29 is 18.3 Å². The molecule has 0 aliphatic carbocycles. The van der Waals surface area contributed by atoms with Crippen LogP contribution >= 0.6 is 0 Å². The SMILES string of the molecule is CC(C)[C@@H](CO)N[C@@H](C)Cc1cccc(C(F)(F)F)c1. The molecule has 0 saturated carbocycles. The minimum atomic E-state index is -4.31. The molecule has 0 spiro atoms. The Labute approximate surface area is 118 Å². The second-order valence-electron chi connectivity index (χ2n) is 5.50. The maximum absolute atomic E-state index is 12.6. The molecule has 1 aromatic carbocycles. The van der Waals surface area contributed by atoms with E-state index in [1.165, 1.54) is 12.1 Å². The van der Waals surface area contributed by atoms with Crippen molar-refractivity contribution in [3.05, 3.63) is 35.4 Å². The van der Waals surface area contributed by atoms with Gasteiger partial charge in [0.05, 0.1) is 12.2 Å². The lowest BCUT2D eigenvalue weighted by Gasteiger charge is -2.25. The van der Waals surface area contributed by atoms with Crippen molar-refractivity contribution in [1.82, 2.24) is 5.32 Å². The maximum Gasteiger partial charge on any atom is 0.416 e. The number of rotatable bonds is 6. The van der Waals surface area contributed by atoms with Crippen molar-refractivity contribution >= 4 is 0 Å². The summed E-state index contributed by atoms with van der Waals surface area (Å²) in [6.07, 6.45) is -3.81. The van der Waals surface area contributed by atoms with Gasteiger partial charge in [0.1, 0.15) is 0 Å². The molecule has 0 aliphatic heterocycles. The molecule has 2 N–H and O–H groups in total. The highest BCUT2D eigenvalue weighted by Gasteiger charge is 2.30. The monoisotopic (exact) mass is 289 g/mol. The van der Waals surface area contributed by atoms with Crippen LogP contribution in [0.1, 0.15) is 31.9 Å². The van der Waals surface area contributed by atoms with Gasteiger partial charge in [-0.2, -0.15) is 13.2 Å². The molecule has 0 fully saturated rings. The fourth-order valence-corrected chi connectivity index (χ4v) is 2.11. The zero-order chi connectivity index (χ0) is 15.3. The fraction of sp³-hybridized carbons (Fsp3) is 0.600. The van der Waals surface area contributed by atoms with Gasteiger partial charge in [-0.05, 0) is 30.9 Å². The van der Waals surface area contributed by atoms with E-state index in [9.17, 15) is 18.3 Å². The van der Waals surface area contributed by atoms with Crippen LogP contribution in [0.15, 0.2) is 24.3 Å².